The Hall–Kier alpha value is -2.46. The van der Waals surface area contributed by atoms with E-state index in [9.17, 15) is 0 Å². The molecule has 4 aromatic rings. The molecule has 3 nitrogen and oxygen atoms in total. The maximum atomic E-state index is 4.71. The lowest BCUT2D eigenvalue weighted by Gasteiger charge is -1.98. The topological polar surface area (TPSA) is 32.6 Å². The van der Waals surface area contributed by atoms with Gasteiger partial charge in [0.05, 0.1) is 0 Å². The van der Waals surface area contributed by atoms with Gasteiger partial charge in [-0.2, -0.15) is 4.57 Å². The molecule has 0 saturated heterocycles. The van der Waals surface area contributed by atoms with E-state index in [0.29, 0.717) is 0 Å². The quantitative estimate of drug-likeness (QED) is 0.517. The largest absolute Gasteiger partial charge is 0.333 e. The fraction of sp³-hybridized carbons (Fsp3) is 0.100. The van der Waals surface area contributed by atoms with Crippen molar-refractivity contribution in [2.24, 2.45) is 0 Å². The second kappa shape index (κ2) is 6.21. The molecule has 118 valence electrons. The lowest BCUT2D eigenvalue weighted by atomic mass is 10.1. The lowest BCUT2D eigenvalue weighted by molar-refractivity contribution is -0.687. The van der Waals surface area contributed by atoms with Crippen LogP contribution in [0.1, 0.15) is 11.1 Å². The summed E-state index contributed by atoms with van der Waals surface area (Å²) in [6.45, 7) is 2.93. The first-order chi connectivity index (χ1) is 11.7. The Bertz CT molecular complexity index is 1000. The highest BCUT2D eigenvalue weighted by Gasteiger charge is 2.10. The van der Waals surface area contributed by atoms with Gasteiger partial charge in [0, 0.05) is 21.7 Å². The SMILES string of the molecule is Cc1cccc(-c2nc3cc[n+](Cc4ccc(Br)cc4)cc3[nH]2)c1. The summed E-state index contributed by atoms with van der Waals surface area (Å²) in [7, 11) is 0. The number of nitrogens with one attached hydrogen (secondary N) is 1. The number of H-pyrrole nitrogens is 1. The van der Waals surface area contributed by atoms with Crippen molar-refractivity contribution in [2.45, 2.75) is 13.5 Å². The average molecular weight is 379 g/mol. The summed E-state index contributed by atoms with van der Waals surface area (Å²) in [5.41, 5.74) is 5.65. The average Bonchev–Trinajstić information content (AvgIpc) is 3.00. The molecule has 0 spiro atoms. The van der Waals surface area contributed by atoms with Gasteiger partial charge in [0.15, 0.2) is 18.9 Å². The maximum Gasteiger partial charge on any atom is 0.195 e. The number of hydrogen-bond acceptors (Lipinski definition) is 1. The van der Waals surface area contributed by atoms with Gasteiger partial charge in [-0.05, 0) is 25.1 Å². The van der Waals surface area contributed by atoms with Gasteiger partial charge in [0.1, 0.15) is 16.9 Å². The number of pyridine rings is 1. The molecule has 24 heavy (non-hydrogen) atoms. The zero-order valence-corrected chi connectivity index (χ0v) is 14.9. The van der Waals surface area contributed by atoms with Crippen LogP contribution in [0.4, 0.5) is 0 Å². The van der Waals surface area contributed by atoms with Crippen molar-refractivity contribution in [1.82, 2.24) is 9.97 Å². The van der Waals surface area contributed by atoms with Crippen LogP contribution in [0.5, 0.6) is 0 Å². The molecule has 0 atom stereocenters. The molecule has 0 aliphatic heterocycles. The van der Waals surface area contributed by atoms with Crippen LogP contribution in [0.3, 0.4) is 0 Å². The molecular formula is C20H17BrN3+. The second-order valence-corrected chi connectivity index (χ2v) is 6.91. The highest BCUT2D eigenvalue weighted by atomic mass is 79.9. The molecule has 0 amide bonds. The number of nitrogens with zero attached hydrogens (tertiary/aromatic N) is 2. The fourth-order valence-electron chi connectivity index (χ4n) is 2.83. The Morgan fingerprint density at radius 3 is 2.71 bits per heavy atom. The van der Waals surface area contributed by atoms with E-state index in [1.54, 1.807) is 0 Å². The number of aromatic nitrogens is 3. The van der Waals surface area contributed by atoms with E-state index in [1.165, 1.54) is 11.1 Å². The van der Waals surface area contributed by atoms with Crippen LogP contribution >= 0.6 is 15.9 Å². The molecule has 0 unspecified atom stereocenters. The Balaban J connectivity index is 1.67. The second-order valence-electron chi connectivity index (χ2n) is 6.00. The Morgan fingerprint density at radius 2 is 1.92 bits per heavy atom. The Labute approximate surface area is 149 Å². The Kier molecular flexibility index (Phi) is 3.90. The van der Waals surface area contributed by atoms with Gasteiger partial charge in [-0.15, -0.1) is 0 Å². The number of benzene rings is 2. The third-order valence-electron chi connectivity index (χ3n) is 4.05. The van der Waals surface area contributed by atoms with Crippen molar-refractivity contribution in [1.29, 1.82) is 0 Å². The molecule has 0 fully saturated rings. The van der Waals surface area contributed by atoms with Gasteiger partial charge in [0.2, 0.25) is 0 Å². The third-order valence-corrected chi connectivity index (χ3v) is 4.58. The fourth-order valence-corrected chi connectivity index (χ4v) is 3.09. The van der Waals surface area contributed by atoms with Crippen LogP contribution in [0.15, 0.2) is 71.5 Å². The van der Waals surface area contributed by atoms with Crippen molar-refractivity contribution < 1.29 is 4.57 Å². The van der Waals surface area contributed by atoms with E-state index < -0.39 is 0 Å². The van der Waals surface area contributed by atoms with Gasteiger partial charge in [0.25, 0.3) is 0 Å². The number of aryl methyl sites for hydroxylation is 1. The summed E-state index contributed by atoms with van der Waals surface area (Å²) in [5.74, 6) is 0.912. The van der Waals surface area contributed by atoms with Gasteiger partial charge in [-0.25, -0.2) is 4.98 Å². The van der Waals surface area contributed by atoms with Crippen molar-refractivity contribution in [2.75, 3.05) is 0 Å². The van der Waals surface area contributed by atoms with Crippen molar-refractivity contribution in [3.05, 3.63) is 82.6 Å². The maximum absolute atomic E-state index is 4.71. The van der Waals surface area contributed by atoms with E-state index in [2.05, 4.69) is 99.4 Å². The third kappa shape index (κ3) is 3.10. The normalized spacial score (nSPS) is 11.1. The van der Waals surface area contributed by atoms with Crippen LogP contribution in [0, 0.1) is 6.92 Å². The van der Waals surface area contributed by atoms with Crippen LogP contribution in [0.2, 0.25) is 0 Å². The number of rotatable bonds is 3. The summed E-state index contributed by atoms with van der Waals surface area (Å²) in [5, 5.41) is 0. The standard InChI is InChI=1S/C20H16BrN3/c1-14-3-2-4-16(11-14)20-22-18-9-10-24(13-19(18)23-20)12-15-5-7-17(21)8-6-15/h2-11,13H,12H2,1H3/p+1. The number of imidazole rings is 1. The van der Waals surface area contributed by atoms with Crippen molar-refractivity contribution in [3.8, 4) is 11.4 Å². The van der Waals surface area contributed by atoms with E-state index in [-0.39, 0.29) is 0 Å². The number of hydrogen-bond donors (Lipinski definition) is 1. The first-order valence-corrected chi connectivity index (χ1v) is 8.67. The minimum atomic E-state index is 0.835. The zero-order chi connectivity index (χ0) is 16.5. The van der Waals surface area contributed by atoms with Gasteiger partial charge < -0.3 is 4.98 Å². The predicted molar refractivity (Wildman–Crippen MR) is 99.7 cm³/mol. The van der Waals surface area contributed by atoms with Crippen LogP contribution in [0.25, 0.3) is 22.4 Å². The lowest BCUT2D eigenvalue weighted by Crippen LogP contribution is -2.33. The van der Waals surface area contributed by atoms with Crippen LogP contribution in [-0.4, -0.2) is 9.97 Å². The summed E-state index contributed by atoms with van der Waals surface area (Å²) in [4.78, 5) is 8.14. The van der Waals surface area contributed by atoms with Crippen LogP contribution < -0.4 is 4.57 Å². The van der Waals surface area contributed by atoms with Gasteiger partial charge >= 0.3 is 0 Å². The number of fused-ring (bicyclic) bond motifs is 1. The molecule has 0 bridgehead atoms. The zero-order valence-electron chi connectivity index (χ0n) is 13.3. The first-order valence-electron chi connectivity index (χ1n) is 7.88. The summed E-state index contributed by atoms with van der Waals surface area (Å²) in [6, 6.07) is 18.8. The summed E-state index contributed by atoms with van der Waals surface area (Å²) in [6.07, 6.45) is 4.19. The monoisotopic (exact) mass is 378 g/mol. The smallest absolute Gasteiger partial charge is 0.195 e. The highest BCUT2D eigenvalue weighted by Crippen LogP contribution is 2.20. The highest BCUT2D eigenvalue weighted by molar-refractivity contribution is 9.10. The van der Waals surface area contributed by atoms with Crippen LogP contribution in [-0.2, 0) is 6.54 Å². The molecule has 0 aliphatic rings. The molecule has 4 rings (SSSR count). The molecular weight excluding hydrogens is 362 g/mol. The molecule has 0 aliphatic carbocycles. The van der Waals surface area contributed by atoms with E-state index in [4.69, 9.17) is 4.98 Å². The van der Waals surface area contributed by atoms with E-state index in [0.717, 1.165) is 33.4 Å². The molecule has 2 aromatic heterocycles. The van der Waals surface area contributed by atoms with Gasteiger partial charge in [-0.3, -0.25) is 0 Å². The first kappa shape index (κ1) is 15.1. The minimum Gasteiger partial charge on any atom is -0.333 e. The predicted octanol–water partition coefficient (Wildman–Crippen LogP) is 4.64. The number of halogens is 1. The molecule has 4 heteroatoms. The molecule has 2 heterocycles. The minimum absolute atomic E-state index is 0.835. The molecule has 0 radical (unpaired) electrons. The van der Waals surface area contributed by atoms with Gasteiger partial charge in [-0.1, -0.05) is 51.8 Å². The summed E-state index contributed by atoms with van der Waals surface area (Å²) >= 11 is 3.47. The molecule has 2 aromatic carbocycles. The van der Waals surface area contributed by atoms with E-state index >= 15 is 0 Å². The van der Waals surface area contributed by atoms with Crippen molar-refractivity contribution in [3.63, 3.8) is 0 Å². The number of aromatic amines is 1. The van der Waals surface area contributed by atoms with Crippen molar-refractivity contribution >= 4 is 27.0 Å². The Morgan fingerprint density at radius 1 is 1.08 bits per heavy atom. The van der Waals surface area contributed by atoms with E-state index in [1.807, 2.05) is 0 Å². The summed E-state index contributed by atoms with van der Waals surface area (Å²) < 4.78 is 3.27. The molecule has 1 N–H and O–H groups in total. The molecule has 0 saturated carbocycles.